The van der Waals surface area contributed by atoms with Gasteiger partial charge in [-0.3, -0.25) is 0 Å². The monoisotopic (exact) mass is 242 g/mol. The number of halogens is 2. The van der Waals surface area contributed by atoms with Gasteiger partial charge in [0.05, 0.1) is 5.57 Å². The Bertz CT molecular complexity index is 565. The van der Waals surface area contributed by atoms with Crippen LogP contribution in [0.4, 0.5) is 8.78 Å². The average Bonchev–Trinajstić information content (AvgIpc) is 2.40. The van der Waals surface area contributed by atoms with E-state index in [0.29, 0.717) is 16.7 Å². The van der Waals surface area contributed by atoms with Crippen molar-refractivity contribution in [3.05, 3.63) is 84.5 Å². The quantitative estimate of drug-likeness (QED) is 0.664. The van der Waals surface area contributed by atoms with Crippen molar-refractivity contribution in [3.8, 4) is 0 Å². The van der Waals surface area contributed by atoms with Crippen LogP contribution in [-0.4, -0.2) is 0 Å². The minimum Gasteiger partial charge on any atom is -0.173 e. The molecule has 0 fully saturated rings. The van der Waals surface area contributed by atoms with Gasteiger partial charge in [0.1, 0.15) is 0 Å². The lowest BCUT2D eigenvalue weighted by atomic mass is 9.95. The van der Waals surface area contributed by atoms with Crippen LogP contribution in [0.25, 0.3) is 11.1 Å². The Morgan fingerprint density at radius 2 is 1.17 bits per heavy atom. The first-order valence-corrected chi connectivity index (χ1v) is 5.55. The number of rotatable bonds is 3. The van der Waals surface area contributed by atoms with Crippen molar-refractivity contribution in [2.24, 2.45) is 0 Å². The van der Waals surface area contributed by atoms with Crippen LogP contribution >= 0.6 is 0 Å². The SMILES string of the molecule is C=C(C(=C(F)F)c1ccccc1)c1ccccc1. The van der Waals surface area contributed by atoms with Crippen LogP contribution in [0.5, 0.6) is 0 Å². The molecule has 0 aromatic heterocycles. The lowest BCUT2D eigenvalue weighted by Crippen LogP contribution is -1.90. The second-order valence-corrected chi connectivity index (χ2v) is 3.85. The normalized spacial score (nSPS) is 9.89. The zero-order valence-corrected chi connectivity index (χ0v) is 9.74. The Labute approximate surface area is 105 Å². The Morgan fingerprint density at radius 3 is 1.61 bits per heavy atom. The minimum absolute atomic E-state index is 0.0956. The maximum absolute atomic E-state index is 13.1. The molecule has 2 heteroatoms. The Balaban J connectivity index is 2.47. The first kappa shape index (κ1) is 12.2. The zero-order chi connectivity index (χ0) is 13.0. The first-order valence-electron chi connectivity index (χ1n) is 5.55. The molecule has 0 spiro atoms. The highest BCUT2D eigenvalue weighted by atomic mass is 19.3. The molecule has 0 heterocycles. The van der Waals surface area contributed by atoms with Gasteiger partial charge in [-0.25, -0.2) is 0 Å². The molecular formula is C16H12F2. The highest BCUT2D eigenvalue weighted by Crippen LogP contribution is 2.33. The van der Waals surface area contributed by atoms with E-state index < -0.39 is 6.08 Å². The fourth-order valence-electron chi connectivity index (χ4n) is 1.79. The van der Waals surface area contributed by atoms with E-state index in [-0.39, 0.29) is 5.57 Å². The smallest absolute Gasteiger partial charge is 0.173 e. The molecule has 0 aliphatic rings. The molecule has 0 amide bonds. The van der Waals surface area contributed by atoms with Gasteiger partial charge in [0.2, 0.25) is 0 Å². The molecule has 18 heavy (non-hydrogen) atoms. The molecular weight excluding hydrogens is 230 g/mol. The highest BCUT2D eigenvalue weighted by Gasteiger charge is 2.14. The summed E-state index contributed by atoms with van der Waals surface area (Å²) in [5, 5.41) is 0. The molecule has 0 bridgehead atoms. The summed E-state index contributed by atoms with van der Waals surface area (Å²) in [5.41, 5.74) is 1.42. The van der Waals surface area contributed by atoms with E-state index in [9.17, 15) is 8.78 Å². The number of hydrogen-bond acceptors (Lipinski definition) is 0. The molecule has 2 aromatic rings. The van der Waals surface area contributed by atoms with Gasteiger partial charge in [-0.15, -0.1) is 0 Å². The second kappa shape index (κ2) is 5.41. The van der Waals surface area contributed by atoms with Crippen molar-refractivity contribution < 1.29 is 8.78 Å². The molecule has 0 N–H and O–H groups in total. The van der Waals surface area contributed by atoms with Gasteiger partial charge in [0, 0.05) is 0 Å². The summed E-state index contributed by atoms with van der Waals surface area (Å²) in [5.74, 6) is 0. The number of benzene rings is 2. The van der Waals surface area contributed by atoms with Crippen LogP contribution < -0.4 is 0 Å². The summed E-state index contributed by atoms with van der Waals surface area (Å²) in [4.78, 5) is 0. The van der Waals surface area contributed by atoms with E-state index in [1.54, 1.807) is 54.6 Å². The van der Waals surface area contributed by atoms with Crippen molar-refractivity contribution >= 4 is 11.1 Å². The second-order valence-electron chi connectivity index (χ2n) is 3.85. The first-order chi connectivity index (χ1) is 8.70. The van der Waals surface area contributed by atoms with Gasteiger partial charge in [-0.1, -0.05) is 67.2 Å². The van der Waals surface area contributed by atoms with Crippen LogP contribution in [0.2, 0.25) is 0 Å². The van der Waals surface area contributed by atoms with Gasteiger partial charge >= 0.3 is 0 Å². The fourth-order valence-corrected chi connectivity index (χ4v) is 1.79. The number of allylic oxidation sites excluding steroid dienone is 2. The van der Waals surface area contributed by atoms with Crippen LogP contribution in [0.3, 0.4) is 0 Å². The third-order valence-electron chi connectivity index (χ3n) is 2.68. The van der Waals surface area contributed by atoms with Gasteiger partial charge in [0.15, 0.2) is 0 Å². The van der Waals surface area contributed by atoms with E-state index in [4.69, 9.17) is 0 Å². The summed E-state index contributed by atoms with van der Waals surface area (Å²) in [6.45, 7) is 3.79. The van der Waals surface area contributed by atoms with E-state index in [2.05, 4.69) is 6.58 Å². The minimum atomic E-state index is -1.71. The van der Waals surface area contributed by atoms with E-state index in [0.717, 1.165) is 0 Å². The lowest BCUT2D eigenvalue weighted by molar-refractivity contribution is 0.427. The summed E-state index contributed by atoms with van der Waals surface area (Å²) in [6, 6.07) is 17.6. The maximum Gasteiger partial charge on any atom is 0.278 e. The molecule has 0 radical (unpaired) electrons. The molecule has 0 unspecified atom stereocenters. The van der Waals surface area contributed by atoms with Gasteiger partial charge in [0.25, 0.3) is 6.08 Å². The van der Waals surface area contributed by atoms with Gasteiger partial charge in [-0.05, 0) is 16.7 Å². The predicted octanol–water partition coefficient (Wildman–Crippen LogP) is 5.01. The van der Waals surface area contributed by atoms with E-state index in [1.807, 2.05) is 6.07 Å². The standard InChI is InChI=1S/C16H12F2/c1-12(13-8-4-2-5-9-13)15(16(17)18)14-10-6-3-7-11-14/h2-11H,1H2. The van der Waals surface area contributed by atoms with Crippen molar-refractivity contribution in [1.29, 1.82) is 0 Å². The molecule has 0 saturated carbocycles. The Morgan fingerprint density at radius 1 is 0.722 bits per heavy atom. The molecule has 0 aliphatic carbocycles. The van der Waals surface area contributed by atoms with Crippen LogP contribution in [-0.2, 0) is 0 Å². The molecule has 0 nitrogen and oxygen atoms in total. The van der Waals surface area contributed by atoms with Gasteiger partial charge < -0.3 is 0 Å². The van der Waals surface area contributed by atoms with Crippen LogP contribution in [0.15, 0.2) is 73.3 Å². The van der Waals surface area contributed by atoms with Crippen LogP contribution in [0, 0.1) is 0 Å². The topological polar surface area (TPSA) is 0 Å². The van der Waals surface area contributed by atoms with E-state index in [1.165, 1.54) is 0 Å². The molecule has 90 valence electrons. The third kappa shape index (κ3) is 2.54. The predicted molar refractivity (Wildman–Crippen MR) is 71.1 cm³/mol. The largest absolute Gasteiger partial charge is 0.278 e. The van der Waals surface area contributed by atoms with E-state index >= 15 is 0 Å². The highest BCUT2D eigenvalue weighted by molar-refractivity contribution is 6.04. The van der Waals surface area contributed by atoms with Crippen molar-refractivity contribution in [3.63, 3.8) is 0 Å². The molecule has 0 aliphatic heterocycles. The van der Waals surface area contributed by atoms with Crippen molar-refractivity contribution in [2.45, 2.75) is 0 Å². The molecule has 0 atom stereocenters. The van der Waals surface area contributed by atoms with Crippen molar-refractivity contribution in [2.75, 3.05) is 0 Å². The van der Waals surface area contributed by atoms with Crippen molar-refractivity contribution in [1.82, 2.24) is 0 Å². The average molecular weight is 242 g/mol. The summed E-state index contributed by atoms with van der Waals surface area (Å²) < 4.78 is 26.3. The lowest BCUT2D eigenvalue weighted by Gasteiger charge is -2.10. The van der Waals surface area contributed by atoms with Gasteiger partial charge in [-0.2, -0.15) is 8.78 Å². The summed E-state index contributed by atoms with van der Waals surface area (Å²) >= 11 is 0. The summed E-state index contributed by atoms with van der Waals surface area (Å²) in [7, 11) is 0. The third-order valence-corrected chi connectivity index (χ3v) is 2.68. The Hall–Kier alpha value is -2.22. The molecule has 2 rings (SSSR count). The maximum atomic E-state index is 13.1. The summed E-state index contributed by atoms with van der Waals surface area (Å²) in [6.07, 6.45) is -1.71. The zero-order valence-electron chi connectivity index (χ0n) is 9.74. The molecule has 0 saturated heterocycles. The number of hydrogen-bond donors (Lipinski definition) is 0. The Kier molecular flexibility index (Phi) is 3.68. The fraction of sp³-hybridized carbons (Fsp3) is 0. The van der Waals surface area contributed by atoms with Crippen LogP contribution in [0.1, 0.15) is 11.1 Å². The molecule has 2 aromatic carbocycles.